The molecule has 0 aliphatic heterocycles. The second kappa shape index (κ2) is 8.39. The van der Waals surface area contributed by atoms with Crippen LogP contribution in [-0.4, -0.2) is 33.5 Å². The van der Waals surface area contributed by atoms with E-state index >= 15 is 0 Å². The number of H-pyrrole nitrogens is 1. The summed E-state index contributed by atoms with van der Waals surface area (Å²) in [6.07, 6.45) is -4.10. The molecular formula is C19H21F3N2O3. The van der Waals surface area contributed by atoms with Crippen LogP contribution < -0.4 is 5.56 Å². The molecule has 8 heteroatoms. The number of hydrogen-bond acceptors (Lipinski definition) is 3. The van der Waals surface area contributed by atoms with E-state index in [1.54, 1.807) is 19.9 Å². The Morgan fingerprint density at radius 1 is 1.26 bits per heavy atom. The number of nitrogens with zero attached hydrogens (tertiary/aromatic N) is 1. The molecule has 1 unspecified atom stereocenters. The Morgan fingerprint density at radius 2 is 1.96 bits per heavy atom. The molecule has 146 valence electrons. The zero-order valence-corrected chi connectivity index (χ0v) is 15.0. The Kier molecular flexibility index (Phi) is 6.43. The highest BCUT2D eigenvalue weighted by Gasteiger charge is 2.31. The van der Waals surface area contributed by atoms with E-state index in [9.17, 15) is 27.9 Å². The minimum absolute atomic E-state index is 0.0121. The van der Waals surface area contributed by atoms with Crippen LogP contribution in [-0.2, 0) is 12.7 Å². The average molecular weight is 382 g/mol. The highest BCUT2D eigenvalue weighted by atomic mass is 19.4. The number of nitrogens with one attached hydrogen (secondary N) is 1. The van der Waals surface area contributed by atoms with E-state index in [1.165, 1.54) is 23.1 Å². The van der Waals surface area contributed by atoms with Gasteiger partial charge in [0.2, 0.25) is 5.56 Å². The fourth-order valence-electron chi connectivity index (χ4n) is 2.86. The number of aliphatic hydroxyl groups is 1. The number of aryl methyl sites for hydroxylation is 1. The number of rotatable bonds is 6. The fourth-order valence-corrected chi connectivity index (χ4v) is 2.86. The maximum Gasteiger partial charge on any atom is 0.416 e. The minimum Gasteiger partial charge on any atom is -0.394 e. The van der Waals surface area contributed by atoms with Gasteiger partial charge in [-0.25, -0.2) is 0 Å². The zero-order valence-electron chi connectivity index (χ0n) is 15.0. The molecule has 1 heterocycles. The zero-order chi connectivity index (χ0) is 20.2. The smallest absolute Gasteiger partial charge is 0.394 e. The van der Waals surface area contributed by atoms with Gasteiger partial charge in [0.25, 0.3) is 5.91 Å². The Labute approximate surface area is 154 Å². The lowest BCUT2D eigenvalue weighted by Gasteiger charge is -2.30. The van der Waals surface area contributed by atoms with Crippen LogP contribution in [0.2, 0.25) is 0 Å². The third-order valence-electron chi connectivity index (χ3n) is 4.20. The molecular weight excluding hydrogens is 361 g/mol. The number of pyridine rings is 1. The molecule has 0 bridgehead atoms. The summed E-state index contributed by atoms with van der Waals surface area (Å²) in [7, 11) is 0. The molecule has 27 heavy (non-hydrogen) atoms. The molecule has 0 aliphatic rings. The summed E-state index contributed by atoms with van der Waals surface area (Å²) in [5, 5.41) is 9.62. The number of hydrogen-bond donors (Lipinski definition) is 2. The predicted octanol–water partition coefficient (Wildman–Crippen LogP) is 3.12. The first-order chi connectivity index (χ1) is 12.7. The van der Waals surface area contributed by atoms with Crippen molar-refractivity contribution >= 4 is 5.91 Å². The van der Waals surface area contributed by atoms with Crippen molar-refractivity contribution in [1.29, 1.82) is 0 Å². The number of aromatic amines is 1. The van der Waals surface area contributed by atoms with Crippen molar-refractivity contribution in [2.75, 3.05) is 6.61 Å². The minimum atomic E-state index is -4.50. The summed E-state index contributed by atoms with van der Waals surface area (Å²) < 4.78 is 39.3. The number of benzene rings is 1. The van der Waals surface area contributed by atoms with Gasteiger partial charge >= 0.3 is 6.18 Å². The van der Waals surface area contributed by atoms with Crippen LogP contribution in [0.4, 0.5) is 13.2 Å². The average Bonchev–Trinajstić information content (AvgIpc) is 2.60. The van der Waals surface area contributed by atoms with Gasteiger partial charge in [-0.1, -0.05) is 24.6 Å². The van der Waals surface area contributed by atoms with Crippen LogP contribution in [0.1, 0.15) is 40.5 Å². The fraction of sp³-hybridized carbons (Fsp3) is 0.368. The normalized spacial score (nSPS) is 12.7. The van der Waals surface area contributed by atoms with Crippen molar-refractivity contribution in [2.45, 2.75) is 39.0 Å². The van der Waals surface area contributed by atoms with E-state index < -0.39 is 29.2 Å². The van der Waals surface area contributed by atoms with E-state index in [1.807, 2.05) is 0 Å². The van der Waals surface area contributed by atoms with Gasteiger partial charge in [-0.2, -0.15) is 13.2 Å². The van der Waals surface area contributed by atoms with Gasteiger partial charge in [0.1, 0.15) is 5.69 Å². The van der Waals surface area contributed by atoms with Gasteiger partial charge in [0, 0.05) is 12.6 Å². The van der Waals surface area contributed by atoms with Crippen molar-refractivity contribution in [3.8, 4) is 0 Å². The lowest BCUT2D eigenvalue weighted by atomic mass is 10.0. The van der Waals surface area contributed by atoms with Gasteiger partial charge in [-0.3, -0.25) is 9.59 Å². The number of halogens is 3. The molecule has 0 radical (unpaired) electrons. The molecule has 1 atom stereocenters. The molecule has 5 nitrogen and oxygen atoms in total. The molecule has 2 rings (SSSR count). The van der Waals surface area contributed by atoms with Gasteiger partial charge in [0.15, 0.2) is 0 Å². The Morgan fingerprint density at radius 3 is 2.52 bits per heavy atom. The number of alkyl halides is 3. The maximum atomic E-state index is 13.1. The number of carbonyl (C=O) groups excluding carboxylic acids is 1. The summed E-state index contributed by atoms with van der Waals surface area (Å²) in [6, 6.07) is 7.07. The Hall–Kier alpha value is -2.61. The van der Waals surface area contributed by atoms with Gasteiger partial charge in [-0.05, 0) is 37.1 Å². The predicted molar refractivity (Wildman–Crippen MR) is 94.3 cm³/mol. The van der Waals surface area contributed by atoms with Crippen LogP contribution in [0.15, 0.2) is 41.2 Å². The first-order valence-electron chi connectivity index (χ1n) is 8.44. The van der Waals surface area contributed by atoms with Crippen molar-refractivity contribution in [3.05, 3.63) is 69.1 Å². The Bertz CT molecular complexity index is 858. The summed E-state index contributed by atoms with van der Waals surface area (Å²) in [5.41, 5.74) is -0.542. The summed E-state index contributed by atoms with van der Waals surface area (Å²) in [5.74, 6) is -0.566. The van der Waals surface area contributed by atoms with Crippen LogP contribution in [0.25, 0.3) is 0 Å². The highest BCUT2D eigenvalue weighted by Crippen LogP contribution is 2.31. The van der Waals surface area contributed by atoms with Crippen molar-refractivity contribution in [1.82, 2.24) is 9.88 Å². The summed E-state index contributed by atoms with van der Waals surface area (Å²) in [6.45, 7) is 2.83. The van der Waals surface area contributed by atoms with Crippen LogP contribution in [0.5, 0.6) is 0 Å². The largest absolute Gasteiger partial charge is 0.416 e. The first-order valence-corrected chi connectivity index (χ1v) is 8.44. The lowest BCUT2D eigenvalue weighted by Crippen LogP contribution is -2.42. The second-order valence-corrected chi connectivity index (χ2v) is 6.31. The summed E-state index contributed by atoms with van der Waals surface area (Å²) >= 11 is 0. The van der Waals surface area contributed by atoms with Crippen LogP contribution >= 0.6 is 0 Å². The van der Waals surface area contributed by atoms with Crippen LogP contribution in [0.3, 0.4) is 0 Å². The number of aliphatic hydroxyl groups excluding tert-OH is 1. The third kappa shape index (κ3) is 5.19. The topological polar surface area (TPSA) is 73.4 Å². The van der Waals surface area contributed by atoms with Crippen molar-refractivity contribution in [2.24, 2.45) is 0 Å². The number of carbonyl (C=O) groups is 1. The molecule has 1 aromatic heterocycles. The molecule has 0 saturated heterocycles. The molecule has 2 aromatic rings. The SMILES string of the molecule is CCC(CO)N(Cc1cc(C)cc(C(F)(F)F)c1)C(=O)c1cccc(=O)[nH]1. The lowest BCUT2D eigenvalue weighted by molar-refractivity contribution is -0.137. The first kappa shape index (κ1) is 20.7. The monoisotopic (exact) mass is 382 g/mol. The van der Waals surface area contributed by atoms with Gasteiger partial charge < -0.3 is 15.0 Å². The van der Waals surface area contributed by atoms with Crippen molar-refractivity contribution in [3.63, 3.8) is 0 Å². The Balaban J connectivity index is 2.43. The molecule has 0 spiro atoms. The van der Waals surface area contributed by atoms with E-state index in [2.05, 4.69) is 4.98 Å². The van der Waals surface area contributed by atoms with E-state index in [0.29, 0.717) is 17.5 Å². The standard InChI is InChI=1S/C19H21F3N2O3/c1-3-15(11-25)24(18(27)16-5-4-6-17(26)23-16)10-13-7-12(2)8-14(9-13)19(20,21)22/h4-9,15,25H,3,10-11H2,1-2H3,(H,23,26). The van der Waals surface area contributed by atoms with E-state index in [4.69, 9.17) is 0 Å². The quantitative estimate of drug-likeness (QED) is 0.806. The number of aromatic nitrogens is 1. The number of amides is 1. The van der Waals surface area contributed by atoms with E-state index in [-0.39, 0.29) is 18.8 Å². The molecule has 1 aromatic carbocycles. The highest BCUT2D eigenvalue weighted by molar-refractivity contribution is 5.92. The molecule has 0 aliphatic carbocycles. The molecule has 0 saturated carbocycles. The molecule has 0 fully saturated rings. The van der Waals surface area contributed by atoms with Gasteiger partial charge in [0.05, 0.1) is 18.2 Å². The molecule has 2 N–H and O–H groups in total. The summed E-state index contributed by atoms with van der Waals surface area (Å²) in [4.78, 5) is 28.0. The second-order valence-electron chi connectivity index (χ2n) is 6.31. The van der Waals surface area contributed by atoms with Gasteiger partial charge in [-0.15, -0.1) is 0 Å². The van der Waals surface area contributed by atoms with E-state index in [0.717, 1.165) is 12.1 Å². The van der Waals surface area contributed by atoms with Crippen LogP contribution in [0, 0.1) is 6.92 Å². The maximum absolute atomic E-state index is 13.1. The third-order valence-corrected chi connectivity index (χ3v) is 4.20. The van der Waals surface area contributed by atoms with Crippen molar-refractivity contribution < 1.29 is 23.1 Å². The molecule has 1 amide bonds.